The minimum absolute atomic E-state index is 0.915. The molecule has 4 aromatic heterocycles. The number of aromatic nitrogens is 2. The van der Waals surface area contributed by atoms with Crippen LogP contribution in [-0.4, -0.2) is 9.55 Å². The zero-order valence-electron chi connectivity index (χ0n) is 26.2. The van der Waals surface area contributed by atoms with Crippen LogP contribution in [0.3, 0.4) is 0 Å². The second-order valence-electron chi connectivity index (χ2n) is 12.7. The highest BCUT2D eigenvalue weighted by Crippen LogP contribution is 2.44. The lowest BCUT2D eigenvalue weighted by molar-refractivity contribution is 0.673. The van der Waals surface area contributed by atoms with Crippen molar-refractivity contribution in [3.05, 3.63) is 158 Å². The van der Waals surface area contributed by atoms with Crippen molar-refractivity contribution in [3.63, 3.8) is 0 Å². The molecule has 3 nitrogen and oxygen atoms in total. The number of thiophene rings is 1. The Bertz CT molecular complexity index is 3120. The lowest BCUT2D eigenvalue weighted by atomic mass is 9.93. The maximum absolute atomic E-state index is 6.54. The summed E-state index contributed by atoms with van der Waals surface area (Å²) in [5.74, 6) is 0. The molecule has 11 rings (SSSR count). The summed E-state index contributed by atoms with van der Waals surface area (Å²) in [6, 6.07) is 56.5. The fourth-order valence-corrected chi connectivity index (χ4v) is 8.96. The highest BCUT2D eigenvalue weighted by atomic mass is 32.1. The van der Waals surface area contributed by atoms with Crippen molar-refractivity contribution in [3.8, 4) is 27.9 Å². The molecule has 49 heavy (non-hydrogen) atoms. The molecule has 0 fully saturated rings. The van der Waals surface area contributed by atoms with Crippen LogP contribution in [0.4, 0.5) is 0 Å². The van der Waals surface area contributed by atoms with Gasteiger partial charge in [0.25, 0.3) is 0 Å². The first kappa shape index (κ1) is 26.8. The molecule has 11 aromatic rings. The van der Waals surface area contributed by atoms with E-state index in [1.54, 1.807) is 11.3 Å². The average molecular weight is 643 g/mol. The molecule has 0 unspecified atom stereocenters. The number of hydrogen-bond donors (Lipinski definition) is 0. The average Bonchev–Trinajstić information content (AvgIpc) is 3.83. The topological polar surface area (TPSA) is 31.0 Å². The largest absolute Gasteiger partial charge is 0.455 e. The van der Waals surface area contributed by atoms with Gasteiger partial charge in [-0.15, -0.1) is 11.3 Å². The van der Waals surface area contributed by atoms with E-state index in [-0.39, 0.29) is 0 Å². The van der Waals surface area contributed by atoms with Gasteiger partial charge < -0.3 is 8.98 Å². The normalized spacial score (nSPS) is 12.1. The van der Waals surface area contributed by atoms with E-state index in [1.807, 2.05) is 6.07 Å². The SMILES string of the molecule is c1cc(-c2cccc(-n3c4ccccc4c4c5oc6ccccc6c5ccc43)c2)cc(-c2c3ccccc3nc3sc4ccccc4c23)c1. The van der Waals surface area contributed by atoms with Gasteiger partial charge in [-0.25, -0.2) is 4.98 Å². The van der Waals surface area contributed by atoms with Crippen molar-refractivity contribution >= 4 is 86.3 Å². The van der Waals surface area contributed by atoms with Crippen LogP contribution in [-0.2, 0) is 0 Å². The number of pyridine rings is 1. The summed E-state index contributed by atoms with van der Waals surface area (Å²) in [6.45, 7) is 0. The molecule has 0 N–H and O–H groups in total. The first-order valence-corrected chi connectivity index (χ1v) is 17.4. The number of hydrogen-bond acceptors (Lipinski definition) is 3. The Balaban J connectivity index is 1.12. The summed E-state index contributed by atoms with van der Waals surface area (Å²) in [5.41, 5.74) is 11.1. The zero-order valence-corrected chi connectivity index (χ0v) is 27.0. The number of fused-ring (bicyclic) bond motifs is 11. The summed E-state index contributed by atoms with van der Waals surface area (Å²) in [5, 5.41) is 8.28. The Morgan fingerprint density at radius 2 is 1.20 bits per heavy atom. The molecule has 4 heterocycles. The van der Waals surface area contributed by atoms with Gasteiger partial charge in [0.05, 0.1) is 21.9 Å². The van der Waals surface area contributed by atoms with Crippen LogP contribution in [0.25, 0.3) is 103 Å². The Labute approximate surface area is 284 Å². The molecule has 0 bridgehead atoms. The van der Waals surface area contributed by atoms with Crippen molar-refractivity contribution in [2.75, 3.05) is 0 Å². The molecule has 0 aliphatic heterocycles. The zero-order chi connectivity index (χ0) is 32.1. The molecular weight excluding hydrogens is 617 g/mol. The lowest BCUT2D eigenvalue weighted by Crippen LogP contribution is -1.94. The number of rotatable bonds is 3. The van der Waals surface area contributed by atoms with Crippen LogP contribution in [0.15, 0.2) is 162 Å². The van der Waals surface area contributed by atoms with E-state index in [2.05, 4.69) is 156 Å². The van der Waals surface area contributed by atoms with Gasteiger partial charge in [-0.3, -0.25) is 0 Å². The summed E-state index contributed by atoms with van der Waals surface area (Å²) >= 11 is 1.77. The van der Waals surface area contributed by atoms with Crippen LogP contribution in [0, 0.1) is 0 Å². The van der Waals surface area contributed by atoms with Gasteiger partial charge >= 0.3 is 0 Å². The maximum Gasteiger partial charge on any atom is 0.145 e. The maximum atomic E-state index is 6.54. The first-order chi connectivity index (χ1) is 24.3. The van der Waals surface area contributed by atoms with E-state index in [1.165, 1.54) is 48.5 Å². The van der Waals surface area contributed by atoms with Crippen molar-refractivity contribution in [2.24, 2.45) is 0 Å². The fourth-order valence-electron chi connectivity index (χ4n) is 7.87. The van der Waals surface area contributed by atoms with Crippen LogP contribution < -0.4 is 0 Å². The number of nitrogens with zero attached hydrogens (tertiary/aromatic N) is 2. The molecule has 0 amide bonds. The van der Waals surface area contributed by atoms with E-state index in [0.717, 1.165) is 54.4 Å². The van der Waals surface area contributed by atoms with Gasteiger partial charge in [0.2, 0.25) is 0 Å². The third-order valence-corrected chi connectivity index (χ3v) is 11.1. The summed E-state index contributed by atoms with van der Waals surface area (Å²) in [4.78, 5) is 6.19. The summed E-state index contributed by atoms with van der Waals surface area (Å²) in [6.07, 6.45) is 0. The van der Waals surface area contributed by atoms with Crippen LogP contribution in [0.5, 0.6) is 0 Å². The Morgan fingerprint density at radius 3 is 2.12 bits per heavy atom. The lowest BCUT2D eigenvalue weighted by Gasteiger charge is -2.13. The van der Waals surface area contributed by atoms with E-state index < -0.39 is 0 Å². The highest BCUT2D eigenvalue weighted by Gasteiger charge is 2.20. The van der Waals surface area contributed by atoms with E-state index in [4.69, 9.17) is 9.40 Å². The standard InChI is InChI=1S/C45H26N2OS/c1-5-19-36-33(16-1)41(43-35-18-4-8-22-40(35)49-45(43)46-36)29-13-9-11-27(25-29)28-12-10-14-30(26-28)47-37-20-6-2-17-34(37)42-38(47)24-23-32-31-15-3-7-21-39(31)48-44(32)42/h1-26H. The molecule has 0 radical (unpaired) electrons. The Hall–Kier alpha value is -6.23. The molecule has 0 aliphatic rings. The summed E-state index contributed by atoms with van der Waals surface area (Å²) < 4.78 is 10.2. The van der Waals surface area contributed by atoms with E-state index in [9.17, 15) is 0 Å². The number of furan rings is 1. The fraction of sp³-hybridized carbons (Fsp3) is 0. The van der Waals surface area contributed by atoms with Crippen molar-refractivity contribution < 1.29 is 4.42 Å². The van der Waals surface area contributed by atoms with Gasteiger partial charge in [0, 0.05) is 48.3 Å². The van der Waals surface area contributed by atoms with Gasteiger partial charge in [-0.2, -0.15) is 0 Å². The van der Waals surface area contributed by atoms with Gasteiger partial charge in [-0.1, -0.05) is 103 Å². The van der Waals surface area contributed by atoms with Crippen molar-refractivity contribution in [2.45, 2.75) is 0 Å². The second kappa shape index (κ2) is 10.1. The third-order valence-electron chi connectivity index (χ3n) is 9.99. The number of benzene rings is 7. The quantitative estimate of drug-likeness (QED) is 0.192. The number of para-hydroxylation sites is 3. The van der Waals surface area contributed by atoms with Crippen LogP contribution in [0.1, 0.15) is 0 Å². The van der Waals surface area contributed by atoms with E-state index in [0.29, 0.717) is 0 Å². The Kier molecular flexibility index (Phi) is 5.54. The minimum atomic E-state index is 0.915. The molecule has 0 saturated heterocycles. The molecule has 0 saturated carbocycles. The molecule has 7 aromatic carbocycles. The molecule has 4 heteroatoms. The van der Waals surface area contributed by atoms with Crippen LogP contribution >= 0.6 is 11.3 Å². The summed E-state index contributed by atoms with van der Waals surface area (Å²) in [7, 11) is 0. The molecule has 0 spiro atoms. The molecular formula is C45H26N2OS. The van der Waals surface area contributed by atoms with Gasteiger partial charge in [-0.05, 0) is 71.3 Å². The van der Waals surface area contributed by atoms with Gasteiger partial charge in [0.15, 0.2) is 0 Å². The predicted octanol–water partition coefficient (Wildman–Crippen LogP) is 12.9. The van der Waals surface area contributed by atoms with Crippen LogP contribution in [0.2, 0.25) is 0 Å². The van der Waals surface area contributed by atoms with E-state index >= 15 is 0 Å². The minimum Gasteiger partial charge on any atom is -0.455 e. The molecule has 0 aliphatic carbocycles. The third kappa shape index (κ3) is 3.86. The molecule has 0 atom stereocenters. The van der Waals surface area contributed by atoms with Crippen molar-refractivity contribution in [1.29, 1.82) is 0 Å². The Morgan fingerprint density at radius 1 is 0.490 bits per heavy atom. The monoisotopic (exact) mass is 642 g/mol. The van der Waals surface area contributed by atoms with Gasteiger partial charge in [0.1, 0.15) is 16.0 Å². The first-order valence-electron chi connectivity index (χ1n) is 16.5. The smallest absolute Gasteiger partial charge is 0.145 e. The van der Waals surface area contributed by atoms with Crippen molar-refractivity contribution in [1.82, 2.24) is 9.55 Å². The molecule has 228 valence electrons. The predicted molar refractivity (Wildman–Crippen MR) is 207 cm³/mol. The highest BCUT2D eigenvalue weighted by molar-refractivity contribution is 7.25. The second-order valence-corrected chi connectivity index (χ2v) is 13.7.